The lowest BCUT2D eigenvalue weighted by Gasteiger charge is -2.23. The van der Waals surface area contributed by atoms with Gasteiger partial charge >= 0.3 is 0 Å². The van der Waals surface area contributed by atoms with Crippen molar-refractivity contribution < 1.29 is 5.99 Å². The average molecular weight is 297 g/mol. The van der Waals surface area contributed by atoms with Crippen LogP contribution in [0.15, 0.2) is 23.5 Å². The summed E-state index contributed by atoms with van der Waals surface area (Å²) < 4.78 is 11.9. The van der Waals surface area contributed by atoms with Gasteiger partial charge in [0.25, 0.3) is 0 Å². The van der Waals surface area contributed by atoms with Crippen LogP contribution >= 0.6 is 7.14 Å². The van der Waals surface area contributed by atoms with Crippen LogP contribution in [0.3, 0.4) is 0 Å². The standard InChI is InChI=1S/C13H20N2OP.C3H8.H2/c1-4-5-8-15-13-7-6-12(17(2,3)16)9-11(13)10-14;1-3-2;/h6-7,9,13,15H,4-5,8H2,1-3H3;3H2,1-2H3;1H. The molecule has 0 aromatic carbocycles. The van der Waals surface area contributed by atoms with Crippen molar-refractivity contribution in [2.45, 2.75) is 46.1 Å². The SMILES string of the molecule is CCC.CCCCNC1C=CC(P(C)(C)=O)=C[C]1C#N.[HH]. The van der Waals surface area contributed by atoms with Gasteiger partial charge in [0, 0.05) is 12.8 Å². The first-order valence-corrected chi connectivity index (χ1v) is 9.96. The summed E-state index contributed by atoms with van der Waals surface area (Å²) in [6, 6.07) is 2.16. The van der Waals surface area contributed by atoms with Gasteiger partial charge in [-0.1, -0.05) is 45.8 Å². The van der Waals surface area contributed by atoms with E-state index in [4.69, 9.17) is 5.26 Å². The molecule has 0 aliphatic heterocycles. The van der Waals surface area contributed by atoms with Crippen LogP contribution in [0.1, 0.15) is 41.5 Å². The fourth-order valence-corrected chi connectivity index (χ4v) is 2.54. The van der Waals surface area contributed by atoms with Crippen molar-refractivity contribution >= 4 is 7.14 Å². The predicted molar refractivity (Wildman–Crippen MR) is 90.3 cm³/mol. The van der Waals surface area contributed by atoms with Crippen LogP contribution in [-0.2, 0) is 4.57 Å². The van der Waals surface area contributed by atoms with E-state index in [-0.39, 0.29) is 7.47 Å². The number of rotatable bonds is 5. The summed E-state index contributed by atoms with van der Waals surface area (Å²) in [5.74, 6) is 0.655. The second kappa shape index (κ2) is 9.97. The van der Waals surface area contributed by atoms with Crippen LogP contribution in [-0.4, -0.2) is 25.9 Å². The summed E-state index contributed by atoms with van der Waals surface area (Å²) in [7, 11) is -2.28. The predicted octanol–water partition coefficient (Wildman–Crippen LogP) is 4.58. The zero-order valence-corrected chi connectivity index (χ0v) is 14.3. The van der Waals surface area contributed by atoms with Crippen LogP contribution < -0.4 is 5.32 Å². The zero-order chi connectivity index (χ0) is 15.6. The van der Waals surface area contributed by atoms with E-state index in [0.29, 0.717) is 5.92 Å². The maximum atomic E-state index is 11.9. The van der Waals surface area contributed by atoms with Crippen molar-refractivity contribution in [1.82, 2.24) is 5.32 Å². The van der Waals surface area contributed by atoms with Crippen molar-refractivity contribution in [3.63, 3.8) is 0 Å². The van der Waals surface area contributed by atoms with Crippen molar-refractivity contribution in [2.75, 3.05) is 19.9 Å². The van der Waals surface area contributed by atoms with Gasteiger partial charge in [0.2, 0.25) is 0 Å². The Balaban J connectivity index is 0. The summed E-state index contributed by atoms with van der Waals surface area (Å²) in [5.41, 5.74) is 0. The Labute approximate surface area is 126 Å². The van der Waals surface area contributed by atoms with Gasteiger partial charge in [-0.05, 0) is 32.4 Å². The summed E-state index contributed by atoms with van der Waals surface area (Å²) in [6.45, 7) is 10.7. The molecule has 1 radical (unpaired) electrons. The van der Waals surface area contributed by atoms with Crippen LogP contribution in [0.5, 0.6) is 0 Å². The van der Waals surface area contributed by atoms with E-state index < -0.39 is 7.14 Å². The normalized spacial score (nSPS) is 18.8. The van der Waals surface area contributed by atoms with E-state index in [1.54, 1.807) is 19.4 Å². The molecule has 0 heterocycles. The molecule has 0 aromatic heterocycles. The molecule has 1 rings (SSSR count). The Hall–Kier alpha value is -0.840. The van der Waals surface area contributed by atoms with Gasteiger partial charge < -0.3 is 9.88 Å². The maximum Gasteiger partial charge on any atom is 0.119 e. The minimum Gasteiger partial charge on any atom is -0.319 e. The molecule has 0 aromatic rings. The molecule has 1 N–H and O–H groups in total. The molecule has 1 unspecified atom stereocenters. The largest absolute Gasteiger partial charge is 0.319 e. The highest BCUT2D eigenvalue weighted by Crippen LogP contribution is 2.48. The minimum absolute atomic E-state index is 0. The Morgan fingerprint density at radius 1 is 1.40 bits per heavy atom. The van der Waals surface area contributed by atoms with Gasteiger partial charge in [-0.25, -0.2) is 0 Å². The second-order valence-corrected chi connectivity index (χ2v) is 8.56. The molecule has 0 spiro atoms. The lowest BCUT2D eigenvalue weighted by atomic mass is 9.96. The highest BCUT2D eigenvalue weighted by molar-refractivity contribution is 7.66. The molecule has 0 saturated heterocycles. The maximum absolute atomic E-state index is 11.9. The first-order valence-electron chi connectivity index (χ1n) is 7.36. The Morgan fingerprint density at radius 2 is 2.00 bits per heavy atom. The van der Waals surface area contributed by atoms with Crippen LogP contribution in [0.2, 0.25) is 0 Å². The number of allylic oxidation sites excluding steroid dienone is 2. The van der Waals surface area contributed by atoms with Gasteiger partial charge in [-0.2, -0.15) is 5.26 Å². The summed E-state index contributed by atoms with van der Waals surface area (Å²) in [6.07, 6.45) is 9.06. The number of nitrogens with zero attached hydrogens (tertiary/aromatic N) is 1. The molecule has 3 nitrogen and oxygen atoms in total. The smallest absolute Gasteiger partial charge is 0.119 e. The Bertz CT molecular complexity index is 420. The van der Waals surface area contributed by atoms with Crippen molar-refractivity contribution in [3.05, 3.63) is 29.5 Å². The number of nitriles is 1. The number of unbranched alkanes of at least 4 members (excludes halogenated alkanes) is 1. The minimum atomic E-state index is -2.28. The highest BCUT2D eigenvalue weighted by Gasteiger charge is 2.24. The fraction of sp³-hybridized carbons (Fsp3) is 0.625. The van der Waals surface area contributed by atoms with Gasteiger partial charge in [0.1, 0.15) is 13.1 Å². The first kappa shape index (κ1) is 19.2. The molecule has 1 aliphatic carbocycles. The number of hydrogen-bond donors (Lipinski definition) is 1. The summed E-state index contributed by atoms with van der Waals surface area (Å²) >= 11 is 0. The molecule has 1 atom stereocenters. The van der Waals surface area contributed by atoms with Gasteiger partial charge in [-0.15, -0.1) is 0 Å². The third-order valence-corrected chi connectivity index (χ3v) is 4.27. The first-order chi connectivity index (χ1) is 9.40. The topological polar surface area (TPSA) is 52.9 Å². The quantitative estimate of drug-likeness (QED) is 0.597. The molecule has 1 aliphatic rings. The third-order valence-electron chi connectivity index (χ3n) is 2.74. The van der Waals surface area contributed by atoms with E-state index in [1.165, 1.54) is 6.42 Å². The molecule has 0 amide bonds. The molecule has 20 heavy (non-hydrogen) atoms. The molecule has 4 heteroatoms. The molecule has 0 saturated carbocycles. The number of nitrogens with one attached hydrogen (secondary N) is 1. The van der Waals surface area contributed by atoms with E-state index in [1.807, 2.05) is 12.2 Å². The fourth-order valence-electron chi connectivity index (χ4n) is 1.64. The summed E-state index contributed by atoms with van der Waals surface area (Å²) in [5, 5.41) is 13.2. The van der Waals surface area contributed by atoms with Gasteiger partial charge in [0.15, 0.2) is 0 Å². The second-order valence-electron chi connectivity index (χ2n) is 5.34. The van der Waals surface area contributed by atoms with Crippen LogP contribution in [0.25, 0.3) is 0 Å². The van der Waals surface area contributed by atoms with E-state index in [2.05, 4.69) is 32.2 Å². The van der Waals surface area contributed by atoms with Gasteiger partial charge in [0.05, 0.1) is 6.07 Å². The van der Waals surface area contributed by atoms with Crippen molar-refractivity contribution in [1.29, 1.82) is 5.26 Å². The molecule has 0 fully saturated rings. The van der Waals surface area contributed by atoms with Gasteiger partial charge in [-0.3, -0.25) is 0 Å². The third kappa shape index (κ3) is 7.08. The van der Waals surface area contributed by atoms with E-state index >= 15 is 0 Å². The van der Waals surface area contributed by atoms with Crippen molar-refractivity contribution in [2.24, 2.45) is 0 Å². The van der Waals surface area contributed by atoms with E-state index in [9.17, 15) is 4.57 Å². The molecule has 115 valence electrons. The Morgan fingerprint density at radius 3 is 2.45 bits per heavy atom. The van der Waals surface area contributed by atoms with E-state index in [0.717, 1.165) is 24.7 Å². The highest BCUT2D eigenvalue weighted by atomic mass is 31.2. The molecule has 0 bridgehead atoms. The molecular weight excluding hydrogens is 267 g/mol. The number of hydrogen-bond acceptors (Lipinski definition) is 3. The average Bonchev–Trinajstić information content (AvgIpc) is 2.39. The Kier molecular flexibility index (Phi) is 9.55. The summed E-state index contributed by atoms with van der Waals surface area (Å²) in [4.78, 5) is 0. The zero-order valence-electron chi connectivity index (χ0n) is 13.4. The van der Waals surface area contributed by atoms with Crippen molar-refractivity contribution in [3.8, 4) is 6.07 Å². The monoisotopic (exact) mass is 297 g/mol. The molecular formula is C16H30N2OP. The lowest BCUT2D eigenvalue weighted by molar-refractivity contribution is 0.585. The van der Waals surface area contributed by atoms with Crippen LogP contribution in [0, 0.1) is 17.2 Å². The lowest BCUT2D eigenvalue weighted by Crippen LogP contribution is -2.34. The van der Waals surface area contributed by atoms with Crippen LogP contribution in [0.4, 0.5) is 0 Å².